The van der Waals surface area contributed by atoms with Crippen LogP contribution in [0.4, 0.5) is 0 Å². The standard InChI is InChI=1S/C41H34/c1-5-16-36-32(21-15-14-20-31-18-10-8-11-19-31)28-29-38-40(34-26-24-30(4)25-27-34)39(33-22-12-9-13-23-33)37(17-6-2)35(7-3)41(36)38/h2-3,5,8-13,15,18-19,21-29H,1,14,16-17,20H2,4H3. The van der Waals surface area contributed by atoms with Gasteiger partial charge in [0.2, 0.25) is 0 Å². The lowest BCUT2D eigenvalue weighted by molar-refractivity contribution is 1.01. The monoisotopic (exact) mass is 526 g/mol. The third kappa shape index (κ3) is 5.79. The van der Waals surface area contributed by atoms with Crippen LogP contribution in [-0.2, 0) is 19.3 Å². The van der Waals surface area contributed by atoms with Gasteiger partial charge in [-0.1, -0.05) is 127 Å². The van der Waals surface area contributed by atoms with E-state index in [-0.39, 0.29) is 0 Å². The lowest BCUT2D eigenvalue weighted by atomic mass is 9.79. The van der Waals surface area contributed by atoms with Gasteiger partial charge < -0.3 is 0 Å². The quantitative estimate of drug-likeness (QED) is 0.132. The number of fused-ring (bicyclic) bond motifs is 1. The lowest BCUT2D eigenvalue weighted by Gasteiger charge is -2.23. The molecule has 0 nitrogen and oxygen atoms in total. The molecule has 0 amide bonds. The van der Waals surface area contributed by atoms with Gasteiger partial charge in [-0.2, -0.15) is 0 Å². The minimum absolute atomic E-state index is 0.448. The molecule has 0 atom stereocenters. The van der Waals surface area contributed by atoms with Gasteiger partial charge >= 0.3 is 0 Å². The average molecular weight is 527 g/mol. The molecule has 0 N–H and O–H groups in total. The molecule has 0 fully saturated rings. The van der Waals surface area contributed by atoms with Crippen LogP contribution in [0, 0.1) is 31.6 Å². The highest BCUT2D eigenvalue weighted by molar-refractivity contribution is 6.10. The molecule has 198 valence electrons. The van der Waals surface area contributed by atoms with Crippen molar-refractivity contribution < 1.29 is 0 Å². The van der Waals surface area contributed by atoms with Crippen molar-refractivity contribution in [2.24, 2.45) is 0 Å². The number of allylic oxidation sites excluding steroid dienone is 2. The minimum atomic E-state index is 0.448. The third-order valence-electron chi connectivity index (χ3n) is 7.64. The highest BCUT2D eigenvalue weighted by Crippen LogP contribution is 2.45. The van der Waals surface area contributed by atoms with Gasteiger partial charge in [0.25, 0.3) is 0 Å². The predicted octanol–water partition coefficient (Wildman–Crippen LogP) is 10.0. The summed E-state index contributed by atoms with van der Waals surface area (Å²) in [6.07, 6.45) is 21.9. The second kappa shape index (κ2) is 12.9. The van der Waals surface area contributed by atoms with Crippen LogP contribution < -0.4 is 0 Å². The molecule has 5 aromatic carbocycles. The Morgan fingerprint density at radius 2 is 1.44 bits per heavy atom. The van der Waals surface area contributed by atoms with Crippen LogP contribution >= 0.6 is 0 Å². The third-order valence-corrected chi connectivity index (χ3v) is 7.64. The van der Waals surface area contributed by atoms with Crippen molar-refractivity contribution in [3.8, 4) is 46.9 Å². The summed E-state index contributed by atoms with van der Waals surface area (Å²) in [5.41, 5.74) is 11.4. The van der Waals surface area contributed by atoms with Gasteiger partial charge in [0.1, 0.15) is 0 Å². The molecule has 0 saturated heterocycles. The minimum Gasteiger partial charge on any atom is -0.120 e. The highest BCUT2D eigenvalue weighted by Gasteiger charge is 2.23. The molecule has 0 heteroatoms. The van der Waals surface area contributed by atoms with Crippen molar-refractivity contribution >= 4 is 16.8 Å². The van der Waals surface area contributed by atoms with E-state index in [1.807, 2.05) is 12.1 Å². The second-order valence-electron chi connectivity index (χ2n) is 10.3. The van der Waals surface area contributed by atoms with Crippen LogP contribution in [0.5, 0.6) is 0 Å². The Morgan fingerprint density at radius 1 is 0.756 bits per heavy atom. The first-order chi connectivity index (χ1) is 20.2. The number of aryl methyl sites for hydroxylation is 2. The van der Waals surface area contributed by atoms with Gasteiger partial charge in [0.05, 0.1) is 0 Å². The topological polar surface area (TPSA) is 0 Å². The van der Waals surface area contributed by atoms with E-state index >= 15 is 0 Å². The van der Waals surface area contributed by atoms with E-state index in [4.69, 9.17) is 12.8 Å². The normalized spacial score (nSPS) is 10.9. The number of terminal acetylenes is 2. The van der Waals surface area contributed by atoms with Crippen molar-refractivity contribution in [1.82, 2.24) is 0 Å². The van der Waals surface area contributed by atoms with E-state index in [9.17, 15) is 0 Å². The van der Waals surface area contributed by atoms with Crippen LogP contribution in [-0.4, -0.2) is 0 Å². The molecule has 0 aliphatic carbocycles. The number of hydrogen-bond acceptors (Lipinski definition) is 0. The Labute approximate surface area is 245 Å². The molecule has 0 aliphatic heterocycles. The summed E-state index contributed by atoms with van der Waals surface area (Å²) >= 11 is 0. The van der Waals surface area contributed by atoms with Crippen molar-refractivity contribution in [2.45, 2.75) is 32.6 Å². The van der Waals surface area contributed by atoms with Crippen molar-refractivity contribution in [3.05, 3.63) is 149 Å². The predicted molar refractivity (Wildman–Crippen MR) is 178 cm³/mol. The Morgan fingerprint density at radius 3 is 2.10 bits per heavy atom. The summed E-state index contributed by atoms with van der Waals surface area (Å²) in [6.45, 7) is 6.22. The SMILES string of the molecule is C#CCc1c(-c2ccccc2)c(-c2ccc(C)cc2)c2ccc(C=CCCc3ccccc3)c(CC=C)c2c1C#C. The van der Waals surface area contributed by atoms with Gasteiger partial charge in [0, 0.05) is 17.4 Å². The Hall–Kier alpha value is -5.04. The Kier molecular flexibility index (Phi) is 8.64. The van der Waals surface area contributed by atoms with E-state index in [0.717, 1.165) is 57.0 Å². The molecular formula is C41H34. The first-order valence-electron chi connectivity index (χ1n) is 14.1. The van der Waals surface area contributed by atoms with Gasteiger partial charge in [-0.3, -0.25) is 0 Å². The molecule has 0 bridgehead atoms. The van der Waals surface area contributed by atoms with Crippen LogP contribution in [0.1, 0.15) is 39.8 Å². The van der Waals surface area contributed by atoms with Crippen LogP contribution in [0.15, 0.2) is 116 Å². The molecule has 0 saturated carbocycles. The molecule has 0 spiro atoms. The largest absolute Gasteiger partial charge is 0.120 e. The molecular weight excluding hydrogens is 492 g/mol. The fourth-order valence-corrected chi connectivity index (χ4v) is 5.73. The lowest BCUT2D eigenvalue weighted by Crippen LogP contribution is -2.03. The van der Waals surface area contributed by atoms with Gasteiger partial charge in [-0.25, -0.2) is 0 Å². The summed E-state index contributed by atoms with van der Waals surface area (Å²) in [7, 11) is 0. The second-order valence-corrected chi connectivity index (χ2v) is 10.3. The zero-order chi connectivity index (χ0) is 28.6. The van der Waals surface area contributed by atoms with Crippen LogP contribution in [0.3, 0.4) is 0 Å². The number of hydrogen-bond donors (Lipinski definition) is 0. The zero-order valence-corrected chi connectivity index (χ0v) is 23.7. The number of rotatable bonds is 9. The maximum Gasteiger partial charge on any atom is 0.0372 e. The Bertz CT molecular complexity index is 1790. The van der Waals surface area contributed by atoms with Crippen molar-refractivity contribution in [3.63, 3.8) is 0 Å². The van der Waals surface area contributed by atoms with Gasteiger partial charge in [0.15, 0.2) is 0 Å². The van der Waals surface area contributed by atoms with Gasteiger partial charge in [-0.15, -0.1) is 25.3 Å². The van der Waals surface area contributed by atoms with Gasteiger partial charge in [-0.05, 0) is 76.1 Å². The fourth-order valence-electron chi connectivity index (χ4n) is 5.73. The molecule has 0 unspecified atom stereocenters. The molecule has 0 radical (unpaired) electrons. The van der Waals surface area contributed by atoms with E-state index in [0.29, 0.717) is 12.8 Å². The highest BCUT2D eigenvalue weighted by atomic mass is 14.2. The first-order valence-corrected chi connectivity index (χ1v) is 14.1. The summed E-state index contributed by atoms with van der Waals surface area (Å²) in [5, 5.41) is 2.23. The van der Waals surface area contributed by atoms with E-state index in [1.165, 1.54) is 22.3 Å². The average Bonchev–Trinajstić information content (AvgIpc) is 3.01. The molecule has 0 aliphatic rings. The smallest absolute Gasteiger partial charge is 0.0372 e. The molecule has 41 heavy (non-hydrogen) atoms. The van der Waals surface area contributed by atoms with E-state index < -0.39 is 0 Å². The van der Waals surface area contributed by atoms with E-state index in [2.05, 4.69) is 128 Å². The van der Waals surface area contributed by atoms with Crippen molar-refractivity contribution in [1.29, 1.82) is 0 Å². The maximum absolute atomic E-state index is 6.34. The number of benzene rings is 5. The molecule has 0 aromatic heterocycles. The molecule has 5 rings (SSSR count). The van der Waals surface area contributed by atoms with E-state index in [1.54, 1.807) is 0 Å². The summed E-state index contributed by atoms with van der Waals surface area (Å²) < 4.78 is 0. The van der Waals surface area contributed by atoms with Crippen LogP contribution in [0.2, 0.25) is 0 Å². The van der Waals surface area contributed by atoms with Crippen molar-refractivity contribution in [2.75, 3.05) is 0 Å². The summed E-state index contributed by atoms with van der Waals surface area (Å²) in [4.78, 5) is 0. The van der Waals surface area contributed by atoms with Crippen LogP contribution in [0.25, 0.3) is 39.1 Å². The maximum atomic E-state index is 6.34. The fraction of sp³-hybridized carbons (Fsp3) is 0.122. The first kappa shape index (κ1) is 27.5. The summed E-state index contributed by atoms with van der Waals surface area (Å²) in [5.74, 6) is 6.00. The Balaban J connectivity index is 1.79. The molecule has 0 heterocycles. The summed E-state index contributed by atoms with van der Waals surface area (Å²) in [6, 6.07) is 34.3. The molecule has 5 aromatic rings. The zero-order valence-electron chi connectivity index (χ0n) is 23.7.